The van der Waals surface area contributed by atoms with Crippen LogP contribution in [0.4, 0.5) is 4.79 Å². The van der Waals surface area contributed by atoms with Crippen molar-refractivity contribution in [2.45, 2.75) is 57.8 Å². The predicted molar refractivity (Wildman–Crippen MR) is 193 cm³/mol. The Hall–Kier alpha value is -3.57. The van der Waals surface area contributed by atoms with E-state index in [0.29, 0.717) is 65.6 Å². The predicted octanol–water partition coefficient (Wildman–Crippen LogP) is 8.06. The lowest BCUT2D eigenvalue weighted by Gasteiger charge is -2.30. The molecule has 2 N–H and O–H groups in total. The number of carbonyl (C=O) groups is 1. The molecular weight excluding hydrogens is 687 g/mol. The number of hydrogen-bond acceptors (Lipinski definition) is 7. The lowest BCUT2D eigenvalue weighted by Crippen LogP contribution is -2.36. The molecule has 0 bridgehead atoms. The molecule has 1 fully saturated rings. The summed E-state index contributed by atoms with van der Waals surface area (Å²) in [6, 6.07) is 19.0. The van der Waals surface area contributed by atoms with Gasteiger partial charge in [0.15, 0.2) is 0 Å². The molecule has 3 aromatic carbocycles. The number of rotatable bonds is 14. The zero-order valence-electron chi connectivity index (χ0n) is 27.8. The van der Waals surface area contributed by atoms with Crippen molar-refractivity contribution in [3.63, 3.8) is 0 Å². The maximum Gasteiger partial charge on any atom is 0.407 e. The molecule has 1 aliphatic heterocycles. The summed E-state index contributed by atoms with van der Waals surface area (Å²) in [5.74, 6) is -0.424. The van der Waals surface area contributed by atoms with Crippen LogP contribution in [0.2, 0.25) is 15.1 Å². The third-order valence-electron chi connectivity index (χ3n) is 7.57. The zero-order valence-corrected chi connectivity index (χ0v) is 30.0. The monoisotopic (exact) mass is 726 g/mol. The lowest BCUT2D eigenvalue weighted by molar-refractivity contribution is -0.189. The Kier molecular flexibility index (Phi) is 12.7. The molecule has 12 heteroatoms. The van der Waals surface area contributed by atoms with Crippen molar-refractivity contribution in [2.75, 3.05) is 26.3 Å². The molecule has 1 aliphatic rings. The molecular formula is C37H41Cl3N4O5. The summed E-state index contributed by atoms with van der Waals surface area (Å²) >= 11 is 18.9. The molecule has 2 heterocycles. The van der Waals surface area contributed by atoms with Crippen LogP contribution in [-0.4, -0.2) is 53.7 Å². The minimum atomic E-state index is -1.14. The Balaban J connectivity index is 1.24. The quantitative estimate of drug-likeness (QED) is 0.127. The molecule has 2 atom stereocenters. The van der Waals surface area contributed by atoms with Gasteiger partial charge >= 0.3 is 6.09 Å². The first-order valence-corrected chi connectivity index (χ1v) is 17.2. The number of nitrogens with one attached hydrogen (secondary N) is 2. The topological polar surface area (TPSA) is 95.9 Å². The van der Waals surface area contributed by atoms with Crippen molar-refractivity contribution in [2.24, 2.45) is 0 Å². The smallest absolute Gasteiger partial charge is 0.407 e. The maximum absolute atomic E-state index is 12.0. The average Bonchev–Trinajstić information content (AvgIpc) is 3.71. The Morgan fingerprint density at radius 2 is 1.84 bits per heavy atom. The molecule has 260 valence electrons. The van der Waals surface area contributed by atoms with Gasteiger partial charge in [-0.15, -0.1) is 0 Å². The number of alkyl carbamates (subject to hydrolysis) is 1. The molecule has 0 radical (unpaired) electrons. The van der Waals surface area contributed by atoms with Crippen LogP contribution >= 0.6 is 34.8 Å². The molecule has 5 rings (SSSR count). The van der Waals surface area contributed by atoms with Crippen LogP contribution in [-0.2, 0) is 39.5 Å². The van der Waals surface area contributed by atoms with E-state index in [1.807, 2.05) is 74.0 Å². The number of halogens is 3. The summed E-state index contributed by atoms with van der Waals surface area (Å²) in [6.45, 7) is 8.07. The van der Waals surface area contributed by atoms with Gasteiger partial charge in [-0.1, -0.05) is 71.2 Å². The van der Waals surface area contributed by atoms with Crippen LogP contribution < -0.4 is 15.4 Å². The number of imidazole rings is 1. The highest BCUT2D eigenvalue weighted by atomic mass is 35.5. The van der Waals surface area contributed by atoms with E-state index in [1.165, 1.54) is 0 Å². The lowest BCUT2D eigenvalue weighted by atomic mass is 10.0. The van der Waals surface area contributed by atoms with Crippen molar-refractivity contribution < 1.29 is 23.7 Å². The van der Waals surface area contributed by atoms with E-state index in [-0.39, 0.29) is 12.7 Å². The van der Waals surface area contributed by atoms with Crippen LogP contribution in [0.3, 0.4) is 0 Å². The van der Waals surface area contributed by atoms with Gasteiger partial charge in [0.05, 0.1) is 24.5 Å². The number of allylic oxidation sites excluding steroid dienone is 1. The fourth-order valence-electron chi connectivity index (χ4n) is 5.31. The second kappa shape index (κ2) is 16.9. The normalized spacial score (nSPS) is 17.8. The number of nitrogens with zero attached hydrogens (tertiary/aromatic N) is 2. The second-order valence-electron chi connectivity index (χ2n) is 12.7. The van der Waals surface area contributed by atoms with Gasteiger partial charge in [0.1, 0.15) is 24.1 Å². The van der Waals surface area contributed by atoms with E-state index in [0.717, 1.165) is 16.7 Å². The van der Waals surface area contributed by atoms with Crippen LogP contribution in [0.1, 0.15) is 43.0 Å². The highest BCUT2D eigenvalue weighted by Crippen LogP contribution is 2.40. The number of benzene rings is 3. The molecule has 0 spiro atoms. The third kappa shape index (κ3) is 11.0. The highest BCUT2D eigenvalue weighted by molar-refractivity contribution is 6.35. The van der Waals surface area contributed by atoms with Crippen LogP contribution in [0.25, 0.3) is 6.08 Å². The van der Waals surface area contributed by atoms with E-state index < -0.39 is 17.5 Å². The fraction of sp³-hybridized carbons (Fsp3) is 0.351. The molecule has 1 amide bonds. The summed E-state index contributed by atoms with van der Waals surface area (Å²) in [6.07, 6.45) is 9.33. The SMILES string of the molecule is CC(C)(C)OC(=O)NCCNCc1ccc(OC[C@@H]2CO[C@@](Cn3ccnc3)(c3ccc(Cl)cc3Cl)O2)cc1CC=Cc1ccc(Cl)cc1. The summed E-state index contributed by atoms with van der Waals surface area (Å²) in [7, 11) is 0. The summed E-state index contributed by atoms with van der Waals surface area (Å²) in [4.78, 5) is 16.1. The minimum absolute atomic E-state index is 0.269. The number of aromatic nitrogens is 2. The Morgan fingerprint density at radius 1 is 1.04 bits per heavy atom. The van der Waals surface area contributed by atoms with Crippen molar-refractivity contribution in [3.8, 4) is 5.75 Å². The van der Waals surface area contributed by atoms with E-state index in [2.05, 4.69) is 33.8 Å². The van der Waals surface area contributed by atoms with Crippen molar-refractivity contribution in [1.29, 1.82) is 0 Å². The number of hydrogen-bond donors (Lipinski definition) is 2. The van der Waals surface area contributed by atoms with Gasteiger partial charge in [0, 0.05) is 47.6 Å². The number of carbonyl (C=O) groups excluding carboxylic acids is 1. The zero-order chi connectivity index (χ0) is 34.9. The molecule has 9 nitrogen and oxygen atoms in total. The second-order valence-corrected chi connectivity index (χ2v) is 13.9. The van der Waals surface area contributed by atoms with Crippen LogP contribution in [0.5, 0.6) is 5.75 Å². The molecule has 1 aromatic heterocycles. The largest absolute Gasteiger partial charge is 0.491 e. The van der Waals surface area contributed by atoms with E-state index >= 15 is 0 Å². The first-order chi connectivity index (χ1) is 23.5. The first kappa shape index (κ1) is 36.7. The minimum Gasteiger partial charge on any atom is -0.491 e. The van der Waals surface area contributed by atoms with Crippen molar-refractivity contribution >= 4 is 47.0 Å². The van der Waals surface area contributed by atoms with Gasteiger partial charge in [0.2, 0.25) is 5.79 Å². The standard InChI is InChI=1S/C37H41Cl3N4O5/c1-36(2,3)49-35(45)43-16-15-41-21-28-9-13-31(19-27(28)6-4-5-26-7-10-29(38)11-8-26)46-22-32-23-47-37(48-32,24-44-18-17-42-25-44)33-14-12-30(39)20-34(33)40/h4-5,7-14,17-20,25,32,41H,6,15-16,21-24H2,1-3H3,(H,43,45)/t32-,37-/m1/s1. The van der Waals surface area contributed by atoms with Crippen LogP contribution in [0, 0.1) is 0 Å². The maximum atomic E-state index is 12.0. The summed E-state index contributed by atoms with van der Waals surface area (Å²) in [5, 5.41) is 7.87. The summed E-state index contributed by atoms with van der Waals surface area (Å²) < 4.78 is 26.4. The Labute approximate surface area is 302 Å². The number of ether oxygens (including phenoxy) is 4. The Bertz CT molecular complexity index is 1710. The van der Waals surface area contributed by atoms with E-state index in [9.17, 15) is 4.79 Å². The van der Waals surface area contributed by atoms with E-state index in [4.69, 9.17) is 53.8 Å². The Morgan fingerprint density at radius 3 is 2.57 bits per heavy atom. The van der Waals surface area contributed by atoms with Gasteiger partial charge in [0.25, 0.3) is 0 Å². The molecule has 1 saturated heterocycles. The summed E-state index contributed by atoms with van der Waals surface area (Å²) in [5.41, 5.74) is 3.41. The van der Waals surface area contributed by atoms with Gasteiger partial charge in [-0.25, -0.2) is 9.78 Å². The van der Waals surface area contributed by atoms with Crippen LogP contribution in [0.15, 0.2) is 85.5 Å². The van der Waals surface area contributed by atoms with Gasteiger partial charge in [-0.05, 0) is 80.3 Å². The fourth-order valence-corrected chi connectivity index (χ4v) is 5.98. The molecule has 0 aliphatic carbocycles. The van der Waals surface area contributed by atoms with Crippen molar-refractivity contribution in [3.05, 3.63) is 123 Å². The average molecular weight is 728 g/mol. The first-order valence-electron chi connectivity index (χ1n) is 16.1. The third-order valence-corrected chi connectivity index (χ3v) is 8.37. The van der Waals surface area contributed by atoms with Gasteiger partial charge in [-0.3, -0.25) is 0 Å². The van der Waals surface area contributed by atoms with Gasteiger partial charge in [-0.2, -0.15) is 0 Å². The molecule has 0 unspecified atom stereocenters. The highest BCUT2D eigenvalue weighted by Gasteiger charge is 2.45. The van der Waals surface area contributed by atoms with Gasteiger partial charge < -0.3 is 34.1 Å². The van der Waals surface area contributed by atoms with E-state index in [1.54, 1.807) is 24.7 Å². The molecule has 4 aromatic rings. The molecule has 0 saturated carbocycles. The van der Waals surface area contributed by atoms with Crippen molar-refractivity contribution in [1.82, 2.24) is 20.2 Å². The number of amides is 1. The molecule has 49 heavy (non-hydrogen) atoms.